The summed E-state index contributed by atoms with van der Waals surface area (Å²) in [6.07, 6.45) is 0.562. The van der Waals surface area contributed by atoms with Crippen molar-refractivity contribution in [3.05, 3.63) is 53.6 Å². The Hall–Kier alpha value is -3.02. The summed E-state index contributed by atoms with van der Waals surface area (Å²) in [7, 11) is 4.49. The smallest absolute Gasteiger partial charge is 0.337 e. The van der Waals surface area contributed by atoms with Crippen LogP contribution in [0.4, 0.5) is 5.69 Å². The lowest BCUT2D eigenvalue weighted by Crippen LogP contribution is -2.22. The third-order valence-electron chi connectivity index (χ3n) is 4.01. The first kappa shape index (κ1) is 19.3. The molecule has 0 fully saturated rings. The molecule has 0 aliphatic heterocycles. The Morgan fingerprint density at radius 3 is 2.19 bits per heavy atom. The highest BCUT2D eigenvalue weighted by Gasteiger charge is 2.15. The summed E-state index contributed by atoms with van der Waals surface area (Å²) >= 11 is 0. The maximum absolute atomic E-state index is 12.4. The first-order chi connectivity index (χ1) is 12.5. The standard InChI is InChI=1S/C20H23NO5/c1-13(11-14-5-10-17(24-2)18(12-14)25-3)19(22)21-16-8-6-15(7-9-16)20(23)26-4/h5-10,12-13H,11H2,1-4H3,(H,21,22). The van der Waals surface area contributed by atoms with Crippen LogP contribution in [0.25, 0.3) is 0 Å². The first-order valence-corrected chi connectivity index (χ1v) is 8.18. The van der Waals surface area contributed by atoms with E-state index in [9.17, 15) is 9.59 Å². The van der Waals surface area contributed by atoms with Crippen molar-refractivity contribution in [3.8, 4) is 11.5 Å². The van der Waals surface area contributed by atoms with Crippen molar-refractivity contribution >= 4 is 17.6 Å². The highest BCUT2D eigenvalue weighted by molar-refractivity contribution is 5.94. The fourth-order valence-corrected chi connectivity index (χ4v) is 2.53. The van der Waals surface area contributed by atoms with E-state index in [0.29, 0.717) is 29.2 Å². The Bertz CT molecular complexity index is 770. The molecule has 0 bridgehead atoms. The van der Waals surface area contributed by atoms with Gasteiger partial charge in [-0.3, -0.25) is 4.79 Å². The molecule has 0 aromatic heterocycles. The SMILES string of the molecule is COC(=O)c1ccc(NC(=O)C(C)Cc2ccc(OC)c(OC)c2)cc1. The number of hydrogen-bond donors (Lipinski definition) is 1. The molecule has 0 saturated carbocycles. The number of carbonyl (C=O) groups excluding carboxylic acids is 2. The third kappa shape index (κ3) is 4.75. The minimum absolute atomic E-state index is 0.106. The van der Waals surface area contributed by atoms with Gasteiger partial charge in [0.15, 0.2) is 11.5 Å². The molecule has 0 saturated heterocycles. The van der Waals surface area contributed by atoms with Crippen LogP contribution < -0.4 is 14.8 Å². The summed E-state index contributed by atoms with van der Waals surface area (Å²) in [5.74, 6) is 0.527. The van der Waals surface area contributed by atoms with Gasteiger partial charge in [0.25, 0.3) is 0 Å². The Kier molecular flexibility index (Phi) is 6.60. The van der Waals surface area contributed by atoms with Crippen LogP contribution >= 0.6 is 0 Å². The number of methoxy groups -OCH3 is 3. The maximum Gasteiger partial charge on any atom is 0.337 e. The highest BCUT2D eigenvalue weighted by Crippen LogP contribution is 2.28. The molecule has 1 unspecified atom stereocenters. The van der Waals surface area contributed by atoms with Crippen molar-refractivity contribution in [3.63, 3.8) is 0 Å². The number of nitrogens with one attached hydrogen (secondary N) is 1. The molecule has 0 heterocycles. The molecule has 1 atom stereocenters. The number of hydrogen-bond acceptors (Lipinski definition) is 5. The van der Waals surface area contributed by atoms with Gasteiger partial charge in [0.1, 0.15) is 0 Å². The van der Waals surface area contributed by atoms with Gasteiger partial charge in [0.2, 0.25) is 5.91 Å². The lowest BCUT2D eigenvalue weighted by atomic mass is 10.00. The average molecular weight is 357 g/mol. The third-order valence-corrected chi connectivity index (χ3v) is 4.01. The van der Waals surface area contributed by atoms with Gasteiger partial charge in [-0.05, 0) is 48.4 Å². The van der Waals surface area contributed by atoms with Crippen molar-refractivity contribution in [2.45, 2.75) is 13.3 Å². The molecule has 0 aliphatic carbocycles. The summed E-state index contributed by atoms with van der Waals surface area (Å²) in [6.45, 7) is 1.86. The molecule has 2 aromatic carbocycles. The second-order valence-corrected chi connectivity index (χ2v) is 5.85. The molecule has 2 rings (SSSR count). The normalized spacial score (nSPS) is 11.4. The van der Waals surface area contributed by atoms with Gasteiger partial charge in [-0.25, -0.2) is 4.79 Å². The second-order valence-electron chi connectivity index (χ2n) is 5.85. The largest absolute Gasteiger partial charge is 0.493 e. The van der Waals surface area contributed by atoms with E-state index in [4.69, 9.17) is 9.47 Å². The van der Waals surface area contributed by atoms with Crippen LogP contribution in [-0.4, -0.2) is 33.2 Å². The fourth-order valence-electron chi connectivity index (χ4n) is 2.53. The molecule has 6 heteroatoms. The minimum Gasteiger partial charge on any atom is -0.493 e. The van der Waals surface area contributed by atoms with Crippen molar-refractivity contribution in [2.24, 2.45) is 5.92 Å². The number of amides is 1. The van der Waals surface area contributed by atoms with Crippen LogP contribution in [0.2, 0.25) is 0 Å². The maximum atomic E-state index is 12.4. The van der Waals surface area contributed by atoms with Crippen LogP contribution in [0.1, 0.15) is 22.8 Å². The number of rotatable bonds is 7. The van der Waals surface area contributed by atoms with Crippen LogP contribution in [0.3, 0.4) is 0 Å². The van der Waals surface area contributed by atoms with Gasteiger partial charge >= 0.3 is 5.97 Å². The number of ether oxygens (including phenoxy) is 3. The van der Waals surface area contributed by atoms with E-state index in [1.807, 2.05) is 25.1 Å². The summed E-state index contributed by atoms with van der Waals surface area (Å²) in [4.78, 5) is 23.8. The Labute approximate surface area is 153 Å². The average Bonchev–Trinajstić information content (AvgIpc) is 2.67. The molecule has 2 aromatic rings. The van der Waals surface area contributed by atoms with E-state index in [1.54, 1.807) is 38.5 Å². The van der Waals surface area contributed by atoms with E-state index in [-0.39, 0.29) is 11.8 Å². The summed E-state index contributed by atoms with van der Waals surface area (Å²) in [6, 6.07) is 12.2. The van der Waals surface area contributed by atoms with Gasteiger partial charge < -0.3 is 19.5 Å². The Morgan fingerprint density at radius 2 is 1.62 bits per heavy atom. The Balaban J connectivity index is 2.00. The number of anilines is 1. The van der Waals surface area contributed by atoms with E-state index < -0.39 is 5.97 Å². The molecule has 0 spiro atoms. The van der Waals surface area contributed by atoms with Crippen LogP contribution in [0, 0.1) is 5.92 Å². The van der Waals surface area contributed by atoms with Crippen LogP contribution in [0.5, 0.6) is 11.5 Å². The quantitative estimate of drug-likeness (QED) is 0.770. The van der Waals surface area contributed by atoms with Crippen molar-refractivity contribution < 1.29 is 23.8 Å². The lowest BCUT2D eigenvalue weighted by Gasteiger charge is -2.14. The highest BCUT2D eigenvalue weighted by atomic mass is 16.5. The molecule has 1 amide bonds. The molecule has 0 radical (unpaired) electrons. The van der Waals surface area contributed by atoms with Gasteiger partial charge in [-0.2, -0.15) is 0 Å². The van der Waals surface area contributed by atoms with E-state index in [0.717, 1.165) is 5.56 Å². The Morgan fingerprint density at radius 1 is 0.962 bits per heavy atom. The number of carbonyl (C=O) groups is 2. The lowest BCUT2D eigenvalue weighted by molar-refractivity contribution is -0.119. The van der Waals surface area contributed by atoms with Gasteiger partial charge in [0, 0.05) is 11.6 Å². The molecule has 6 nitrogen and oxygen atoms in total. The predicted molar refractivity (Wildman–Crippen MR) is 98.8 cm³/mol. The van der Waals surface area contributed by atoms with Crippen molar-refractivity contribution in [2.75, 3.05) is 26.6 Å². The molecule has 138 valence electrons. The van der Waals surface area contributed by atoms with Crippen LogP contribution in [0.15, 0.2) is 42.5 Å². The zero-order chi connectivity index (χ0) is 19.1. The zero-order valence-electron chi connectivity index (χ0n) is 15.4. The van der Waals surface area contributed by atoms with Crippen molar-refractivity contribution in [1.82, 2.24) is 0 Å². The van der Waals surface area contributed by atoms with E-state index in [1.165, 1.54) is 7.11 Å². The predicted octanol–water partition coefficient (Wildman–Crippen LogP) is 3.31. The van der Waals surface area contributed by atoms with E-state index >= 15 is 0 Å². The molecular weight excluding hydrogens is 334 g/mol. The second kappa shape index (κ2) is 8.89. The van der Waals surface area contributed by atoms with Gasteiger partial charge in [-0.1, -0.05) is 13.0 Å². The molecule has 1 N–H and O–H groups in total. The molecule has 0 aliphatic rings. The van der Waals surface area contributed by atoms with Crippen molar-refractivity contribution in [1.29, 1.82) is 0 Å². The summed E-state index contributed by atoms with van der Waals surface area (Å²) in [5.41, 5.74) is 2.04. The number of esters is 1. The van der Waals surface area contributed by atoms with E-state index in [2.05, 4.69) is 10.1 Å². The summed E-state index contributed by atoms with van der Waals surface area (Å²) in [5, 5.41) is 2.85. The van der Waals surface area contributed by atoms with Gasteiger partial charge in [-0.15, -0.1) is 0 Å². The summed E-state index contributed by atoms with van der Waals surface area (Å²) < 4.78 is 15.2. The molecular formula is C20H23NO5. The first-order valence-electron chi connectivity index (χ1n) is 8.18. The monoisotopic (exact) mass is 357 g/mol. The zero-order valence-corrected chi connectivity index (χ0v) is 15.4. The van der Waals surface area contributed by atoms with Gasteiger partial charge in [0.05, 0.1) is 26.9 Å². The van der Waals surface area contributed by atoms with Crippen LogP contribution in [-0.2, 0) is 16.0 Å². The fraction of sp³-hybridized carbons (Fsp3) is 0.300. The topological polar surface area (TPSA) is 73.9 Å². The minimum atomic E-state index is -0.412. The number of benzene rings is 2. The molecule has 26 heavy (non-hydrogen) atoms.